The second kappa shape index (κ2) is 21.8. The number of fused-ring (bicyclic) bond motifs is 2. The van der Waals surface area contributed by atoms with Crippen molar-refractivity contribution in [1.29, 1.82) is 0 Å². The molecule has 3 aliphatic rings. The first-order valence-electron chi connectivity index (χ1n) is 22.4. The number of aryl methyl sites for hydroxylation is 1. The molecule has 0 saturated carbocycles. The Morgan fingerprint density at radius 1 is 0.606 bits per heavy atom. The number of ketones is 2. The maximum atomic E-state index is 13.3. The largest absolute Gasteiger partial charge is 0.494 e. The van der Waals surface area contributed by atoms with Crippen molar-refractivity contribution in [2.24, 2.45) is 9.98 Å². The highest BCUT2D eigenvalue weighted by atomic mass is 35.5. The Kier molecular flexibility index (Phi) is 15.0. The molecule has 4 amide bonds. The van der Waals surface area contributed by atoms with Gasteiger partial charge in [-0.3, -0.25) is 33.8 Å². The monoisotopic (exact) mass is 981 g/mol. The van der Waals surface area contributed by atoms with E-state index < -0.39 is 23.4 Å². The second-order valence-corrected chi connectivity index (χ2v) is 16.5. The van der Waals surface area contributed by atoms with Gasteiger partial charge in [-0.15, -0.1) is 0 Å². The minimum Gasteiger partial charge on any atom is -0.494 e. The maximum absolute atomic E-state index is 13.3. The number of rotatable bonds is 9. The first-order valence-corrected chi connectivity index (χ1v) is 22.8. The van der Waals surface area contributed by atoms with E-state index in [0.717, 1.165) is 12.4 Å². The molecule has 0 aliphatic carbocycles. The van der Waals surface area contributed by atoms with Crippen molar-refractivity contribution >= 4 is 80.7 Å². The standard InChI is InChI=1S/C24H23N7O4.C21H19ClN4O4.C4H6N2/c1-15-27-14-31(28-15)22-20-19(18(35-2)13-26-22)17(12-25-20)21(32)24(34)30-10-8-29(9-11-30)23(33)16-6-4-3-5-7-16;1-30-15-12-24-19(22)17-16(15)14(11-23-17)18(27)21(29)26-9-7-25(8-10-26)20(28)13-5-3-2-4-6-13;1-4-5-2-3-6-4/h3-7,12-14,25H,8-11H2,1-2H3;2-6,11-12,23H,7-10H2,1H3;2H,3H2,1H3. The summed E-state index contributed by atoms with van der Waals surface area (Å²) in [7, 11) is 2.93. The number of benzene rings is 2. The second-order valence-electron chi connectivity index (χ2n) is 16.2. The zero-order valence-electron chi connectivity index (χ0n) is 39.2. The molecule has 22 heteroatoms. The number of aliphatic imine (C=N–C) groups is 2. The van der Waals surface area contributed by atoms with E-state index in [-0.39, 0.29) is 54.3 Å². The number of Topliss-reactive ketones (excluding diaryl/α,β-unsaturated/α-hetero) is 2. The zero-order valence-corrected chi connectivity index (χ0v) is 39.9. The summed E-state index contributed by atoms with van der Waals surface area (Å²) in [4.78, 5) is 110. The maximum Gasteiger partial charge on any atom is 0.295 e. The Balaban J connectivity index is 0.000000172. The van der Waals surface area contributed by atoms with Crippen molar-refractivity contribution in [3.63, 3.8) is 0 Å². The van der Waals surface area contributed by atoms with Crippen LogP contribution in [0.15, 0.2) is 102 Å². The van der Waals surface area contributed by atoms with Gasteiger partial charge in [-0.25, -0.2) is 24.6 Å². The number of halogens is 1. The molecule has 2 fully saturated rings. The first-order chi connectivity index (χ1) is 34.4. The highest BCUT2D eigenvalue weighted by molar-refractivity contribution is 6.46. The number of amides is 4. The molecule has 2 N–H and O–H groups in total. The average Bonchev–Trinajstić information content (AvgIpc) is 4.27. The van der Waals surface area contributed by atoms with Gasteiger partial charge in [0.25, 0.3) is 35.2 Å². The summed E-state index contributed by atoms with van der Waals surface area (Å²) >= 11 is 6.09. The van der Waals surface area contributed by atoms with Gasteiger partial charge in [0.1, 0.15) is 29.5 Å². The lowest BCUT2D eigenvalue weighted by atomic mass is 10.1. The first kappa shape index (κ1) is 48.9. The van der Waals surface area contributed by atoms with Crippen molar-refractivity contribution in [3.8, 4) is 17.3 Å². The van der Waals surface area contributed by atoms with Crippen LogP contribution < -0.4 is 9.47 Å². The van der Waals surface area contributed by atoms with Crippen LogP contribution in [0.1, 0.15) is 54.2 Å². The molecule has 0 unspecified atom stereocenters. The average molecular weight is 982 g/mol. The number of hydrogen-bond acceptors (Lipinski definition) is 14. The normalized spacial score (nSPS) is 14.3. The number of ether oxygens (including phenoxy) is 2. The highest BCUT2D eigenvalue weighted by Crippen LogP contribution is 2.33. The van der Waals surface area contributed by atoms with Gasteiger partial charge in [0.2, 0.25) is 0 Å². The summed E-state index contributed by atoms with van der Waals surface area (Å²) in [5.74, 6) is -0.149. The number of carbonyl (C=O) groups excluding carboxylic acids is 6. The van der Waals surface area contributed by atoms with E-state index in [9.17, 15) is 28.8 Å². The number of amidine groups is 1. The molecule has 0 spiro atoms. The van der Waals surface area contributed by atoms with E-state index in [2.05, 4.69) is 40.0 Å². The molecular weight excluding hydrogens is 934 g/mol. The SMILES string of the molecule is CC1=NCC=N1.COc1cnc(-n2cnc(C)n2)c2[nH]cc(C(=O)C(=O)N3CCN(C(=O)c4ccccc4)CC3)c12.COc1cnc(Cl)c2[nH]cc(C(=O)C(=O)N3CCN(C(=O)c4ccccc4)CC3)c12. The van der Waals surface area contributed by atoms with E-state index in [1.165, 1.54) is 59.8 Å². The summed E-state index contributed by atoms with van der Waals surface area (Å²) in [5.41, 5.74) is 2.50. The van der Waals surface area contributed by atoms with Gasteiger partial charge < -0.3 is 39.0 Å². The number of carbonyl (C=O) groups is 6. The van der Waals surface area contributed by atoms with Crippen LogP contribution in [0.5, 0.6) is 11.5 Å². The number of aromatic amines is 2. The predicted octanol–water partition coefficient (Wildman–Crippen LogP) is 4.51. The van der Waals surface area contributed by atoms with Crippen molar-refractivity contribution in [3.05, 3.63) is 125 Å². The Hall–Kier alpha value is -8.59. The summed E-state index contributed by atoms with van der Waals surface area (Å²) in [6.45, 7) is 6.96. The zero-order chi connectivity index (χ0) is 50.2. The van der Waals surface area contributed by atoms with E-state index >= 15 is 0 Å². The fraction of sp³-hybridized carbons (Fsp3) is 0.265. The lowest BCUT2D eigenvalue weighted by molar-refractivity contribution is -0.128. The number of H-pyrrole nitrogens is 2. The van der Waals surface area contributed by atoms with Crippen LogP contribution in [0.2, 0.25) is 5.15 Å². The quantitative estimate of drug-likeness (QED) is 0.115. The summed E-state index contributed by atoms with van der Waals surface area (Å²) in [5, 5.41) is 5.34. The topological polar surface area (TPSA) is 247 Å². The molecule has 21 nitrogen and oxygen atoms in total. The number of aromatic nitrogens is 7. The molecule has 10 rings (SSSR count). The van der Waals surface area contributed by atoms with Crippen molar-refractivity contribution in [2.45, 2.75) is 13.8 Å². The number of piperazine rings is 2. The van der Waals surface area contributed by atoms with Crippen LogP contribution in [0.3, 0.4) is 0 Å². The van der Waals surface area contributed by atoms with Crippen LogP contribution in [0.25, 0.3) is 27.6 Å². The van der Waals surface area contributed by atoms with Crippen LogP contribution in [0, 0.1) is 6.92 Å². The van der Waals surface area contributed by atoms with Gasteiger partial charge in [-0.05, 0) is 38.1 Å². The number of nitrogens with zero attached hydrogens (tertiary/aromatic N) is 11. The molecule has 364 valence electrons. The lowest BCUT2D eigenvalue weighted by Crippen LogP contribution is -2.52. The molecule has 0 radical (unpaired) electrons. The molecule has 5 aromatic heterocycles. The Morgan fingerprint density at radius 2 is 1.07 bits per heavy atom. The fourth-order valence-electron chi connectivity index (χ4n) is 8.14. The summed E-state index contributed by atoms with van der Waals surface area (Å²) < 4.78 is 12.2. The van der Waals surface area contributed by atoms with Crippen LogP contribution in [0.4, 0.5) is 0 Å². The predicted molar refractivity (Wildman–Crippen MR) is 263 cm³/mol. The van der Waals surface area contributed by atoms with E-state index in [1.807, 2.05) is 43.3 Å². The van der Waals surface area contributed by atoms with Crippen molar-refractivity contribution in [2.75, 3.05) is 73.1 Å². The Labute approximate surface area is 411 Å². The van der Waals surface area contributed by atoms with Gasteiger partial charge in [-0.1, -0.05) is 48.0 Å². The van der Waals surface area contributed by atoms with Crippen LogP contribution in [-0.4, -0.2) is 175 Å². The third kappa shape index (κ3) is 10.5. The molecule has 2 aromatic carbocycles. The van der Waals surface area contributed by atoms with Crippen molar-refractivity contribution in [1.82, 2.24) is 54.3 Å². The van der Waals surface area contributed by atoms with Crippen LogP contribution >= 0.6 is 11.6 Å². The summed E-state index contributed by atoms with van der Waals surface area (Å²) in [6, 6.07) is 18.0. The molecule has 3 aliphatic heterocycles. The van der Waals surface area contributed by atoms with Crippen molar-refractivity contribution < 1.29 is 38.2 Å². The molecule has 8 heterocycles. The Morgan fingerprint density at radius 3 is 1.49 bits per heavy atom. The number of methoxy groups -OCH3 is 2. The van der Waals surface area contributed by atoms with Gasteiger partial charge >= 0.3 is 0 Å². The van der Waals surface area contributed by atoms with Gasteiger partial charge in [0.15, 0.2) is 11.0 Å². The molecular formula is C49H48ClN13O8. The number of hydrogen-bond donors (Lipinski definition) is 2. The number of pyridine rings is 2. The third-order valence-electron chi connectivity index (χ3n) is 11.9. The molecule has 7 aromatic rings. The molecule has 0 atom stereocenters. The molecule has 0 bridgehead atoms. The van der Waals surface area contributed by atoms with E-state index in [0.29, 0.717) is 82.3 Å². The van der Waals surface area contributed by atoms with E-state index in [1.54, 1.807) is 47.2 Å². The summed E-state index contributed by atoms with van der Waals surface area (Å²) in [6.07, 6.45) is 9.14. The van der Waals surface area contributed by atoms with Gasteiger partial charge in [0.05, 0.1) is 66.1 Å². The van der Waals surface area contributed by atoms with Gasteiger partial charge in [0, 0.05) is 82.1 Å². The minimum atomic E-state index is -0.663. The molecule has 71 heavy (non-hydrogen) atoms. The smallest absolute Gasteiger partial charge is 0.295 e. The highest BCUT2D eigenvalue weighted by Gasteiger charge is 2.33. The third-order valence-corrected chi connectivity index (χ3v) is 12.1. The number of nitrogens with one attached hydrogen (secondary N) is 2. The minimum absolute atomic E-state index is 0.0856. The lowest BCUT2D eigenvalue weighted by Gasteiger charge is -2.34. The van der Waals surface area contributed by atoms with E-state index in [4.69, 9.17) is 21.1 Å². The van der Waals surface area contributed by atoms with Gasteiger partial charge in [-0.2, -0.15) is 5.10 Å². The Bertz CT molecular complexity index is 3190. The molecule has 2 saturated heterocycles. The van der Waals surface area contributed by atoms with Crippen LogP contribution in [-0.2, 0) is 9.59 Å². The fourth-order valence-corrected chi connectivity index (χ4v) is 8.33.